The van der Waals surface area contributed by atoms with Gasteiger partial charge in [0, 0.05) is 28.5 Å². The second kappa shape index (κ2) is 6.25. The lowest BCUT2D eigenvalue weighted by molar-refractivity contribution is 1.29. The van der Waals surface area contributed by atoms with E-state index < -0.39 is 0 Å². The molecule has 112 valence electrons. The van der Waals surface area contributed by atoms with Crippen LogP contribution in [0.4, 0.5) is 5.82 Å². The molecule has 0 amide bonds. The average molecular weight is 341 g/mol. The first-order valence-electron chi connectivity index (χ1n) is 6.66. The maximum atomic E-state index is 9.38. The standard InChI is InChI=1S/C17H10Cl2N4/c18-11-1-2-12(15(19)7-11)16-8-13(10-3-5-22-6-4-10)14(9-20)17(21)23-16/h1-8H,(H2,21,23). The summed E-state index contributed by atoms with van der Waals surface area (Å²) in [5.74, 6) is 0.155. The van der Waals surface area contributed by atoms with Gasteiger partial charge in [-0.25, -0.2) is 4.98 Å². The molecular weight excluding hydrogens is 331 g/mol. The van der Waals surface area contributed by atoms with E-state index in [1.54, 1.807) is 36.7 Å². The fourth-order valence-electron chi connectivity index (χ4n) is 2.28. The minimum absolute atomic E-state index is 0.155. The summed E-state index contributed by atoms with van der Waals surface area (Å²) in [6.45, 7) is 0. The molecule has 3 aromatic rings. The molecule has 0 radical (unpaired) electrons. The number of pyridine rings is 2. The van der Waals surface area contributed by atoms with Gasteiger partial charge in [-0.05, 0) is 42.0 Å². The molecule has 2 N–H and O–H groups in total. The summed E-state index contributed by atoms with van der Waals surface area (Å²) in [5, 5.41) is 10.4. The van der Waals surface area contributed by atoms with Crippen molar-refractivity contribution in [3.8, 4) is 28.5 Å². The highest BCUT2D eigenvalue weighted by Gasteiger charge is 2.15. The van der Waals surface area contributed by atoms with Crippen LogP contribution < -0.4 is 5.73 Å². The molecule has 3 rings (SSSR count). The Balaban J connectivity index is 2.25. The lowest BCUT2D eigenvalue weighted by Gasteiger charge is -2.11. The largest absolute Gasteiger partial charge is 0.383 e. The van der Waals surface area contributed by atoms with Gasteiger partial charge in [-0.15, -0.1) is 0 Å². The van der Waals surface area contributed by atoms with E-state index in [9.17, 15) is 5.26 Å². The smallest absolute Gasteiger partial charge is 0.142 e. The molecule has 0 aliphatic heterocycles. The third kappa shape index (κ3) is 2.98. The summed E-state index contributed by atoms with van der Waals surface area (Å²) in [5.41, 5.74) is 9.08. The number of nitrogens with zero attached hydrogens (tertiary/aromatic N) is 3. The molecule has 1 aromatic carbocycles. The minimum Gasteiger partial charge on any atom is -0.383 e. The van der Waals surface area contributed by atoms with Gasteiger partial charge in [0.05, 0.1) is 10.7 Å². The van der Waals surface area contributed by atoms with E-state index in [4.69, 9.17) is 28.9 Å². The van der Waals surface area contributed by atoms with Crippen LogP contribution in [0.5, 0.6) is 0 Å². The first-order valence-corrected chi connectivity index (χ1v) is 7.42. The molecule has 4 nitrogen and oxygen atoms in total. The number of benzene rings is 1. The van der Waals surface area contributed by atoms with Gasteiger partial charge in [-0.3, -0.25) is 4.98 Å². The van der Waals surface area contributed by atoms with Crippen LogP contribution in [-0.4, -0.2) is 9.97 Å². The zero-order valence-corrected chi connectivity index (χ0v) is 13.3. The van der Waals surface area contributed by atoms with Crippen LogP contribution in [0.25, 0.3) is 22.4 Å². The van der Waals surface area contributed by atoms with Crippen LogP contribution in [-0.2, 0) is 0 Å². The van der Waals surface area contributed by atoms with Gasteiger partial charge in [0.1, 0.15) is 17.5 Å². The molecule has 2 heterocycles. The Labute approximate surface area is 143 Å². The topological polar surface area (TPSA) is 75.6 Å². The predicted molar refractivity (Wildman–Crippen MR) is 92.1 cm³/mol. The molecule has 0 spiro atoms. The molecule has 0 saturated heterocycles. The lowest BCUT2D eigenvalue weighted by atomic mass is 9.99. The number of hydrogen-bond donors (Lipinski definition) is 1. The molecule has 6 heteroatoms. The zero-order chi connectivity index (χ0) is 16.4. The average Bonchev–Trinajstić information content (AvgIpc) is 2.55. The number of nitrogens with two attached hydrogens (primary N) is 1. The van der Waals surface area contributed by atoms with Crippen molar-refractivity contribution in [2.75, 3.05) is 5.73 Å². The number of aromatic nitrogens is 2. The molecular formula is C17H10Cl2N4. The van der Waals surface area contributed by atoms with Gasteiger partial charge in [0.15, 0.2) is 0 Å². The van der Waals surface area contributed by atoms with E-state index in [2.05, 4.69) is 16.0 Å². The van der Waals surface area contributed by atoms with Crippen molar-refractivity contribution in [3.05, 3.63) is 64.4 Å². The fourth-order valence-corrected chi connectivity index (χ4v) is 2.78. The van der Waals surface area contributed by atoms with Gasteiger partial charge in [0.2, 0.25) is 0 Å². The minimum atomic E-state index is 0.155. The SMILES string of the molecule is N#Cc1c(-c2ccncc2)cc(-c2ccc(Cl)cc2Cl)nc1N. The third-order valence-corrected chi connectivity index (χ3v) is 3.91. The molecule has 0 bridgehead atoms. The summed E-state index contributed by atoms with van der Waals surface area (Å²) in [7, 11) is 0. The monoisotopic (exact) mass is 340 g/mol. The summed E-state index contributed by atoms with van der Waals surface area (Å²) >= 11 is 12.2. The Kier molecular flexibility index (Phi) is 4.16. The highest BCUT2D eigenvalue weighted by atomic mass is 35.5. The van der Waals surface area contributed by atoms with Crippen LogP contribution in [0.3, 0.4) is 0 Å². The highest BCUT2D eigenvalue weighted by molar-refractivity contribution is 6.36. The van der Waals surface area contributed by atoms with Crippen molar-refractivity contribution in [1.82, 2.24) is 9.97 Å². The Morgan fingerprint density at radius 2 is 1.74 bits per heavy atom. The van der Waals surface area contributed by atoms with Crippen molar-refractivity contribution in [2.45, 2.75) is 0 Å². The van der Waals surface area contributed by atoms with E-state index >= 15 is 0 Å². The van der Waals surface area contributed by atoms with Gasteiger partial charge in [-0.2, -0.15) is 5.26 Å². The van der Waals surface area contributed by atoms with Crippen molar-refractivity contribution >= 4 is 29.0 Å². The molecule has 2 aromatic heterocycles. The van der Waals surface area contributed by atoms with E-state index in [1.807, 2.05) is 12.1 Å². The maximum Gasteiger partial charge on any atom is 0.142 e. The molecule has 23 heavy (non-hydrogen) atoms. The molecule has 0 saturated carbocycles. The highest BCUT2D eigenvalue weighted by Crippen LogP contribution is 2.34. The van der Waals surface area contributed by atoms with Crippen LogP contribution >= 0.6 is 23.2 Å². The normalized spacial score (nSPS) is 10.3. The Morgan fingerprint density at radius 3 is 2.39 bits per heavy atom. The molecule has 0 aliphatic carbocycles. The summed E-state index contributed by atoms with van der Waals surface area (Å²) in [4.78, 5) is 8.29. The first kappa shape index (κ1) is 15.3. The number of nitrogen functional groups attached to an aromatic ring is 1. The van der Waals surface area contributed by atoms with Crippen molar-refractivity contribution < 1.29 is 0 Å². The van der Waals surface area contributed by atoms with E-state index in [1.165, 1.54) is 0 Å². The zero-order valence-electron chi connectivity index (χ0n) is 11.8. The molecule has 0 unspecified atom stereocenters. The van der Waals surface area contributed by atoms with Crippen LogP contribution in [0.2, 0.25) is 10.0 Å². The van der Waals surface area contributed by atoms with Crippen molar-refractivity contribution in [2.24, 2.45) is 0 Å². The van der Waals surface area contributed by atoms with Crippen LogP contribution in [0.15, 0.2) is 48.8 Å². The Bertz CT molecular complexity index is 918. The van der Waals surface area contributed by atoms with Gasteiger partial charge in [-0.1, -0.05) is 23.2 Å². The van der Waals surface area contributed by atoms with E-state index in [0.29, 0.717) is 32.4 Å². The van der Waals surface area contributed by atoms with Crippen molar-refractivity contribution in [3.63, 3.8) is 0 Å². The van der Waals surface area contributed by atoms with Crippen LogP contribution in [0, 0.1) is 11.3 Å². The first-order chi connectivity index (χ1) is 11.1. The fraction of sp³-hybridized carbons (Fsp3) is 0. The summed E-state index contributed by atoms with van der Waals surface area (Å²) in [6, 6.07) is 12.6. The van der Waals surface area contributed by atoms with Gasteiger partial charge < -0.3 is 5.73 Å². The number of rotatable bonds is 2. The lowest BCUT2D eigenvalue weighted by Crippen LogP contribution is -2.00. The summed E-state index contributed by atoms with van der Waals surface area (Å²) in [6.07, 6.45) is 3.31. The second-order valence-corrected chi connectivity index (χ2v) is 5.63. The van der Waals surface area contributed by atoms with Gasteiger partial charge in [0.25, 0.3) is 0 Å². The number of halogens is 2. The van der Waals surface area contributed by atoms with Crippen molar-refractivity contribution in [1.29, 1.82) is 5.26 Å². The maximum absolute atomic E-state index is 9.38. The predicted octanol–water partition coefficient (Wildman–Crippen LogP) is 4.57. The molecule has 0 aliphatic rings. The quantitative estimate of drug-likeness (QED) is 0.741. The second-order valence-electron chi connectivity index (χ2n) is 4.79. The van der Waals surface area contributed by atoms with Crippen LogP contribution in [0.1, 0.15) is 5.56 Å². The summed E-state index contributed by atoms with van der Waals surface area (Å²) < 4.78 is 0. The Morgan fingerprint density at radius 1 is 1.00 bits per heavy atom. The number of hydrogen-bond acceptors (Lipinski definition) is 4. The number of nitriles is 1. The van der Waals surface area contributed by atoms with E-state index in [-0.39, 0.29) is 5.82 Å². The molecule has 0 atom stereocenters. The third-order valence-electron chi connectivity index (χ3n) is 3.36. The van der Waals surface area contributed by atoms with Gasteiger partial charge >= 0.3 is 0 Å². The van der Waals surface area contributed by atoms with E-state index in [0.717, 1.165) is 5.56 Å². The molecule has 0 fully saturated rings. The number of anilines is 1. The Hall–Kier alpha value is -2.61.